The first-order valence-corrected chi connectivity index (χ1v) is 37.5. The Labute approximate surface area is 498 Å². The van der Waals surface area contributed by atoms with Crippen LogP contribution in [0.15, 0.2) is 47.6 Å². The van der Waals surface area contributed by atoms with Crippen molar-refractivity contribution in [3.8, 4) is 0 Å². The minimum atomic E-state index is -2.46. The van der Waals surface area contributed by atoms with Crippen molar-refractivity contribution in [3.63, 3.8) is 0 Å². The Morgan fingerprint density at radius 3 is 2.07 bits per heavy atom. The maximum atomic E-state index is 14.9. The molecule has 4 fully saturated rings. The third kappa shape index (κ3) is 19.8. The molecule has 0 aromatic heterocycles. The van der Waals surface area contributed by atoms with Crippen molar-refractivity contribution in [1.82, 2.24) is 4.90 Å². The first-order valence-electron chi connectivity index (χ1n) is 30.7. The molecule has 5 rings (SSSR count). The summed E-state index contributed by atoms with van der Waals surface area (Å²) in [4.78, 5) is 88.3. The van der Waals surface area contributed by atoms with E-state index < -0.39 is 124 Å². The summed E-state index contributed by atoms with van der Waals surface area (Å²) in [6.45, 7) is 31.4. The second-order valence-electron chi connectivity index (χ2n) is 27.7. The maximum Gasteiger partial charge on any atom is 0.329 e. The van der Waals surface area contributed by atoms with Crippen molar-refractivity contribution in [1.29, 1.82) is 0 Å². The van der Waals surface area contributed by atoms with Gasteiger partial charge in [0.25, 0.3) is 11.7 Å². The number of hydrogen-bond donors (Lipinski definition) is 1. The van der Waals surface area contributed by atoms with Gasteiger partial charge >= 0.3 is 11.9 Å². The van der Waals surface area contributed by atoms with Gasteiger partial charge in [-0.3, -0.25) is 24.0 Å². The van der Waals surface area contributed by atoms with Gasteiger partial charge in [0.15, 0.2) is 28.2 Å². The van der Waals surface area contributed by atoms with E-state index in [4.69, 9.17) is 42.0 Å². The van der Waals surface area contributed by atoms with Crippen LogP contribution in [-0.4, -0.2) is 156 Å². The second kappa shape index (κ2) is 29.9. The fourth-order valence-corrected chi connectivity index (χ4v) is 14.5. The lowest BCUT2D eigenvalue weighted by Crippen LogP contribution is -2.61. The van der Waals surface area contributed by atoms with Gasteiger partial charge in [0, 0.05) is 51.4 Å². The lowest BCUT2D eigenvalue weighted by Gasteiger charge is -2.43. The molecule has 0 spiro atoms. The standard InChI is InChI=1S/C64H105NO16Si2/c1-40-24-20-19-21-25-41(2)52(73-11)36-48-29-27-46(7)64(72,79-48)58(68)59(69)65-31-23-22-26-49(65)60(70)77-53(37-50(66)42(3)33-45(6)56(81-83(16,17)18)57(74-12)55(67)44(5)32-40)43(4)34-47-28-30-51(54(35-47)80-82(13,14)15)78-61(71)63(10)38-75-62(8,9)76-39-63/h19-21,24-25,33,40,42-44,46-49,51-54,56-57,72H,22-23,26-32,34-39H2,1-18H3/b21-19?,24-20+,41-25?,45-33+/t40-,42-,43-,44-,46-,47+,48+,49+,51-,52+,53+,54-,56-,57+,64-/m1/s1. The number of cyclic esters (lactones) is 1. The Kier molecular flexibility index (Phi) is 25.3. The van der Waals surface area contributed by atoms with Crippen LogP contribution in [0.1, 0.15) is 146 Å². The summed E-state index contributed by atoms with van der Waals surface area (Å²) in [5.74, 6) is -9.08. The Bertz CT molecular complexity index is 2360. The summed E-state index contributed by atoms with van der Waals surface area (Å²) in [7, 11) is -1.43. The lowest BCUT2D eigenvalue weighted by atomic mass is 9.78. The van der Waals surface area contributed by atoms with E-state index in [9.17, 15) is 33.9 Å². The largest absolute Gasteiger partial charge is 0.460 e. The molecular weight excluding hydrogens is 1090 g/mol. The molecule has 0 aromatic carbocycles. The van der Waals surface area contributed by atoms with Gasteiger partial charge in [0.05, 0.1) is 37.6 Å². The molecule has 0 radical (unpaired) electrons. The van der Waals surface area contributed by atoms with Gasteiger partial charge in [-0.05, 0) is 167 Å². The molecule has 15 atom stereocenters. The number of hydrogen-bond acceptors (Lipinski definition) is 16. The van der Waals surface area contributed by atoms with Gasteiger partial charge in [-0.15, -0.1) is 0 Å². The molecule has 83 heavy (non-hydrogen) atoms. The maximum absolute atomic E-state index is 14.9. The molecule has 1 aliphatic carbocycles. The van der Waals surface area contributed by atoms with E-state index in [-0.39, 0.29) is 61.9 Å². The molecule has 2 bridgehead atoms. The van der Waals surface area contributed by atoms with Crippen LogP contribution in [0.5, 0.6) is 0 Å². The summed E-state index contributed by atoms with van der Waals surface area (Å²) in [6, 6.07) is -1.17. The summed E-state index contributed by atoms with van der Waals surface area (Å²) in [5, 5.41) is 12.2. The van der Waals surface area contributed by atoms with Crippen molar-refractivity contribution < 1.29 is 75.9 Å². The highest BCUT2D eigenvalue weighted by Gasteiger charge is 2.54. The topological polar surface area (TPSA) is 209 Å². The Morgan fingerprint density at radius 1 is 0.783 bits per heavy atom. The summed E-state index contributed by atoms with van der Waals surface area (Å²) in [5.41, 5.74) is 0.556. The van der Waals surface area contributed by atoms with Crippen molar-refractivity contribution >= 4 is 51.8 Å². The highest BCUT2D eigenvalue weighted by atomic mass is 28.4. The number of amides is 1. The molecule has 17 nitrogen and oxygen atoms in total. The van der Waals surface area contributed by atoms with Crippen LogP contribution in [0.25, 0.3) is 0 Å². The van der Waals surface area contributed by atoms with E-state index in [1.54, 1.807) is 27.9 Å². The van der Waals surface area contributed by atoms with E-state index in [0.717, 1.165) is 5.57 Å². The molecule has 19 heteroatoms. The average Bonchev–Trinajstić information content (AvgIpc) is 2.33. The van der Waals surface area contributed by atoms with E-state index in [2.05, 4.69) is 26.6 Å². The summed E-state index contributed by atoms with van der Waals surface area (Å²) >= 11 is 0. The number of ether oxygens (including phenoxy) is 7. The van der Waals surface area contributed by atoms with E-state index >= 15 is 0 Å². The predicted octanol–water partition coefficient (Wildman–Crippen LogP) is 10.6. The number of carbonyl (C=O) groups excluding carboxylic acids is 6. The number of Topliss-reactive ketones (excluding diaryl/α,β-unsaturated/α-hetero) is 3. The molecule has 3 saturated heterocycles. The Balaban J connectivity index is 1.51. The third-order valence-electron chi connectivity index (χ3n) is 17.3. The zero-order chi connectivity index (χ0) is 62.0. The number of aliphatic hydroxyl groups is 1. The second-order valence-corrected chi connectivity index (χ2v) is 36.6. The number of fused-ring (bicyclic) bond motifs is 3. The van der Waals surface area contributed by atoms with Crippen molar-refractivity contribution in [2.45, 2.75) is 246 Å². The third-order valence-corrected chi connectivity index (χ3v) is 19.3. The fraction of sp³-hybridized carbons (Fsp3) is 0.781. The minimum Gasteiger partial charge on any atom is -0.460 e. The molecule has 4 heterocycles. The lowest BCUT2D eigenvalue weighted by molar-refractivity contribution is -0.283. The molecular formula is C64H105NO16Si2. The molecule has 1 N–H and O–H groups in total. The molecule has 5 aliphatic rings. The molecule has 1 amide bonds. The number of carbonyl (C=O) groups is 6. The van der Waals surface area contributed by atoms with Crippen LogP contribution >= 0.6 is 0 Å². The zero-order valence-corrected chi connectivity index (χ0v) is 55.7. The SMILES string of the molecule is CO[C@H]1C[C@@H]2CC[C@@H](C)[C@@](O)(O2)C(=O)C(=O)N2CCCC[C@H]2C(=O)O[C@H]([C@H](C)C[C@@H]2CC[C@@H](OC(=O)C3(C)COC(C)(C)OC3)[C@H](O[Si](C)(C)C)C2)CC(=O)[C@H](C)/C=C(\C)[C@@H](O[Si](C)(C)C)[C@@H](OC)C(=O)[C@H](C)C[C@H](C)/C=C/C=CC=C1C. The van der Waals surface area contributed by atoms with Crippen molar-refractivity contribution in [2.75, 3.05) is 34.0 Å². The minimum absolute atomic E-state index is 0.0229. The Morgan fingerprint density at radius 2 is 1.45 bits per heavy atom. The average molecular weight is 1200 g/mol. The number of esters is 2. The monoisotopic (exact) mass is 1200 g/mol. The number of allylic oxidation sites excluding steroid dienone is 6. The van der Waals surface area contributed by atoms with Gasteiger partial charge < -0.3 is 52.0 Å². The Hall–Kier alpha value is -3.51. The first kappa shape index (κ1) is 70.3. The number of nitrogens with zero attached hydrogens (tertiary/aromatic N) is 1. The van der Waals surface area contributed by atoms with Crippen LogP contribution in [0.2, 0.25) is 39.3 Å². The molecule has 1 saturated carbocycles. The van der Waals surface area contributed by atoms with Crippen molar-refractivity contribution in [3.05, 3.63) is 47.6 Å². The first-order chi connectivity index (χ1) is 38.6. The number of piperidine rings is 1. The van der Waals surface area contributed by atoms with E-state index in [1.165, 1.54) is 12.0 Å². The molecule has 4 aliphatic heterocycles. The fourth-order valence-electron chi connectivity index (χ4n) is 12.2. The van der Waals surface area contributed by atoms with Crippen LogP contribution in [0.4, 0.5) is 0 Å². The highest BCUT2D eigenvalue weighted by Crippen LogP contribution is 2.40. The zero-order valence-electron chi connectivity index (χ0n) is 53.7. The quantitative estimate of drug-likeness (QED) is 0.0883. The van der Waals surface area contributed by atoms with Gasteiger partial charge in [-0.25, -0.2) is 4.79 Å². The van der Waals surface area contributed by atoms with Gasteiger partial charge in [0.1, 0.15) is 35.6 Å². The van der Waals surface area contributed by atoms with Gasteiger partial charge in [-0.2, -0.15) is 0 Å². The van der Waals surface area contributed by atoms with E-state index in [1.807, 2.05) is 97.6 Å². The molecule has 470 valence electrons. The number of ketones is 3. The highest BCUT2D eigenvalue weighted by molar-refractivity contribution is 6.70. The van der Waals surface area contributed by atoms with E-state index in [0.29, 0.717) is 69.8 Å². The smallest absolute Gasteiger partial charge is 0.329 e. The normalized spacial score (nSPS) is 36.0. The number of rotatable bonds is 11. The van der Waals surface area contributed by atoms with Crippen LogP contribution in [0, 0.1) is 40.9 Å². The predicted molar refractivity (Wildman–Crippen MR) is 323 cm³/mol. The van der Waals surface area contributed by atoms with Crippen LogP contribution in [-0.2, 0) is 70.8 Å². The summed E-state index contributed by atoms with van der Waals surface area (Å²) < 4.78 is 56.3. The van der Waals surface area contributed by atoms with Crippen LogP contribution in [0.3, 0.4) is 0 Å². The molecule has 0 unspecified atom stereocenters. The van der Waals surface area contributed by atoms with Crippen LogP contribution < -0.4 is 0 Å². The van der Waals surface area contributed by atoms with Gasteiger partial charge in [0.2, 0.25) is 5.79 Å². The van der Waals surface area contributed by atoms with Gasteiger partial charge in [-0.1, -0.05) is 71.1 Å². The molecule has 0 aromatic rings. The summed E-state index contributed by atoms with van der Waals surface area (Å²) in [6.07, 6.45) is 12.1. The van der Waals surface area contributed by atoms with Crippen molar-refractivity contribution in [2.24, 2.45) is 40.9 Å². The number of methoxy groups -OCH3 is 2.